The highest BCUT2D eigenvalue weighted by Crippen LogP contribution is 2.21. The van der Waals surface area contributed by atoms with Crippen molar-refractivity contribution in [2.45, 2.75) is 13.5 Å². The number of nitrogens with one attached hydrogen (secondary N) is 1. The minimum absolute atomic E-state index is 0.0415. The van der Waals surface area contributed by atoms with Crippen LogP contribution in [0, 0.1) is 17.5 Å². The van der Waals surface area contributed by atoms with E-state index < -0.39 is 23.4 Å². The second-order valence-electron chi connectivity index (χ2n) is 5.42. The van der Waals surface area contributed by atoms with Gasteiger partial charge in [0.2, 0.25) is 11.7 Å². The van der Waals surface area contributed by atoms with Crippen LogP contribution in [-0.4, -0.2) is 22.7 Å². The van der Waals surface area contributed by atoms with Crippen LogP contribution in [-0.2, 0) is 11.3 Å². The van der Waals surface area contributed by atoms with Crippen molar-refractivity contribution in [2.75, 3.05) is 11.9 Å². The van der Waals surface area contributed by atoms with E-state index in [1.807, 2.05) is 0 Å². The number of hydrogen-bond donors (Lipinski definition) is 1. The summed E-state index contributed by atoms with van der Waals surface area (Å²) < 4.78 is 49.5. The molecule has 3 rings (SSSR count). The van der Waals surface area contributed by atoms with E-state index in [4.69, 9.17) is 9.26 Å². The average molecular weight is 377 g/mol. The Balaban J connectivity index is 1.65. The molecule has 0 aliphatic rings. The van der Waals surface area contributed by atoms with Crippen molar-refractivity contribution in [2.24, 2.45) is 0 Å². The molecule has 1 aromatic heterocycles. The summed E-state index contributed by atoms with van der Waals surface area (Å²) in [5.41, 5.74) is 1.06. The van der Waals surface area contributed by atoms with Crippen LogP contribution >= 0.6 is 0 Å². The van der Waals surface area contributed by atoms with Gasteiger partial charge in [-0.2, -0.15) is 4.98 Å². The Morgan fingerprint density at radius 2 is 1.81 bits per heavy atom. The van der Waals surface area contributed by atoms with Crippen molar-refractivity contribution < 1.29 is 27.2 Å². The van der Waals surface area contributed by atoms with Crippen LogP contribution in [0.25, 0.3) is 11.4 Å². The molecule has 0 saturated heterocycles. The van der Waals surface area contributed by atoms with Crippen molar-refractivity contribution in [3.63, 3.8) is 0 Å². The third kappa shape index (κ3) is 4.25. The first kappa shape index (κ1) is 18.4. The van der Waals surface area contributed by atoms with E-state index in [1.54, 1.807) is 31.2 Å². The summed E-state index contributed by atoms with van der Waals surface area (Å²) in [7, 11) is 0. The minimum Gasteiger partial charge on any atom is -0.462 e. The van der Waals surface area contributed by atoms with Crippen LogP contribution in [0.3, 0.4) is 0 Å². The molecule has 2 aromatic carbocycles. The average Bonchev–Trinajstić information content (AvgIpc) is 3.14. The third-order valence-corrected chi connectivity index (χ3v) is 3.55. The Labute approximate surface area is 152 Å². The molecule has 6 nitrogen and oxygen atoms in total. The van der Waals surface area contributed by atoms with Crippen LogP contribution in [0.1, 0.15) is 23.2 Å². The summed E-state index contributed by atoms with van der Waals surface area (Å²) in [5.74, 6) is -4.56. The number of nitrogens with zero attached hydrogens (tertiary/aromatic N) is 2. The number of ether oxygens (including phenoxy) is 1. The Hall–Kier alpha value is -3.36. The molecule has 27 heavy (non-hydrogen) atoms. The highest BCUT2D eigenvalue weighted by Gasteiger charge is 2.15. The van der Waals surface area contributed by atoms with E-state index in [1.165, 1.54) is 0 Å². The van der Waals surface area contributed by atoms with Gasteiger partial charge >= 0.3 is 5.97 Å². The smallest absolute Gasteiger partial charge is 0.338 e. The second kappa shape index (κ2) is 7.90. The molecule has 3 aromatic rings. The largest absolute Gasteiger partial charge is 0.462 e. The fourth-order valence-electron chi connectivity index (χ4n) is 2.24. The van der Waals surface area contributed by atoms with Crippen molar-refractivity contribution in [3.8, 4) is 11.4 Å². The van der Waals surface area contributed by atoms with Crippen molar-refractivity contribution in [3.05, 3.63) is 65.3 Å². The van der Waals surface area contributed by atoms with Crippen LogP contribution in [0.4, 0.5) is 18.9 Å². The van der Waals surface area contributed by atoms with Gasteiger partial charge in [0, 0.05) is 11.3 Å². The van der Waals surface area contributed by atoms with Gasteiger partial charge in [0.1, 0.15) is 0 Å². The molecular weight excluding hydrogens is 363 g/mol. The first-order valence-electron chi connectivity index (χ1n) is 7.96. The first-order chi connectivity index (χ1) is 13.0. The van der Waals surface area contributed by atoms with Gasteiger partial charge < -0.3 is 14.6 Å². The van der Waals surface area contributed by atoms with E-state index in [0.29, 0.717) is 17.9 Å². The molecule has 9 heteroatoms. The lowest BCUT2D eigenvalue weighted by molar-refractivity contribution is 0.0526. The lowest BCUT2D eigenvalue weighted by Gasteiger charge is -2.05. The zero-order chi connectivity index (χ0) is 19.4. The summed E-state index contributed by atoms with van der Waals surface area (Å²) in [6, 6.07) is 8.12. The van der Waals surface area contributed by atoms with E-state index in [9.17, 15) is 18.0 Å². The molecule has 0 aliphatic carbocycles. The Kier molecular flexibility index (Phi) is 5.39. The lowest BCUT2D eigenvalue weighted by Crippen LogP contribution is -2.05. The molecule has 0 spiro atoms. The topological polar surface area (TPSA) is 77.2 Å². The van der Waals surface area contributed by atoms with E-state index in [2.05, 4.69) is 15.5 Å². The molecule has 1 heterocycles. The summed E-state index contributed by atoms with van der Waals surface area (Å²) in [4.78, 5) is 15.6. The van der Waals surface area contributed by atoms with Gasteiger partial charge in [-0.3, -0.25) is 0 Å². The number of anilines is 1. The van der Waals surface area contributed by atoms with Gasteiger partial charge in [-0.25, -0.2) is 18.0 Å². The van der Waals surface area contributed by atoms with Crippen LogP contribution < -0.4 is 5.32 Å². The molecule has 0 fully saturated rings. The maximum absolute atomic E-state index is 13.3. The monoisotopic (exact) mass is 377 g/mol. The Morgan fingerprint density at radius 3 is 2.44 bits per heavy atom. The van der Waals surface area contributed by atoms with Crippen molar-refractivity contribution in [1.82, 2.24) is 10.1 Å². The molecule has 0 radical (unpaired) electrons. The fourth-order valence-corrected chi connectivity index (χ4v) is 2.24. The van der Waals surface area contributed by atoms with Crippen molar-refractivity contribution in [1.29, 1.82) is 0 Å². The summed E-state index contributed by atoms with van der Waals surface area (Å²) in [6.07, 6.45) is 0. The number of halogens is 3. The zero-order valence-corrected chi connectivity index (χ0v) is 14.1. The molecule has 0 unspecified atom stereocenters. The maximum atomic E-state index is 13.3. The quantitative estimate of drug-likeness (QED) is 0.518. The number of esters is 1. The number of benzene rings is 2. The minimum atomic E-state index is -1.56. The standard InChI is InChI=1S/C18H14F3N3O3/c1-2-26-18(25)10-3-5-12(6-4-10)22-9-15-23-17(24-27-15)11-7-13(19)16(21)14(20)8-11/h3-8,22H,2,9H2,1H3. The maximum Gasteiger partial charge on any atom is 0.338 e. The molecule has 0 saturated carbocycles. The van der Waals surface area contributed by atoms with Crippen LogP contribution in [0.5, 0.6) is 0 Å². The first-order valence-corrected chi connectivity index (χ1v) is 7.96. The molecule has 0 aliphatic heterocycles. The highest BCUT2D eigenvalue weighted by molar-refractivity contribution is 5.89. The number of carbonyl (C=O) groups excluding carboxylic acids is 1. The van der Waals surface area contributed by atoms with Crippen molar-refractivity contribution >= 4 is 11.7 Å². The Morgan fingerprint density at radius 1 is 1.15 bits per heavy atom. The van der Waals surface area contributed by atoms with E-state index in [0.717, 1.165) is 12.1 Å². The van der Waals surface area contributed by atoms with Gasteiger partial charge in [0.15, 0.2) is 17.5 Å². The second-order valence-corrected chi connectivity index (χ2v) is 5.42. The summed E-state index contributed by atoms with van der Waals surface area (Å²) >= 11 is 0. The van der Waals surface area contributed by atoms with E-state index >= 15 is 0 Å². The van der Waals surface area contributed by atoms with Gasteiger partial charge in [0.25, 0.3) is 0 Å². The highest BCUT2D eigenvalue weighted by atomic mass is 19.2. The normalized spacial score (nSPS) is 10.7. The SMILES string of the molecule is CCOC(=O)c1ccc(NCc2nc(-c3cc(F)c(F)c(F)c3)no2)cc1. The number of hydrogen-bond acceptors (Lipinski definition) is 6. The van der Waals surface area contributed by atoms with Gasteiger partial charge in [0.05, 0.1) is 18.7 Å². The Bertz CT molecular complexity index is 935. The van der Waals surface area contributed by atoms with Gasteiger partial charge in [-0.05, 0) is 43.3 Å². The molecule has 1 N–H and O–H groups in total. The zero-order valence-electron chi connectivity index (χ0n) is 14.1. The lowest BCUT2D eigenvalue weighted by atomic mass is 10.2. The summed E-state index contributed by atoms with van der Waals surface area (Å²) in [5, 5.41) is 6.62. The van der Waals surface area contributed by atoms with E-state index in [-0.39, 0.29) is 23.8 Å². The van der Waals surface area contributed by atoms with Gasteiger partial charge in [-0.15, -0.1) is 0 Å². The predicted molar refractivity (Wildman–Crippen MR) is 89.3 cm³/mol. The number of rotatable bonds is 6. The predicted octanol–water partition coefficient (Wildman–Crippen LogP) is 3.94. The number of aromatic nitrogens is 2. The van der Waals surface area contributed by atoms with Crippen LogP contribution in [0.2, 0.25) is 0 Å². The van der Waals surface area contributed by atoms with Gasteiger partial charge in [-0.1, -0.05) is 5.16 Å². The number of carbonyl (C=O) groups is 1. The summed E-state index contributed by atoms with van der Waals surface area (Å²) in [6.45, 7) is 2.15. The third-order valence-electron chi connectivity index (χ3n) is 3.55. The molecule has 0 bridgehead atoms. The molecular formula is C18H14F3N3O3. The van der Waals surface area contributed by atoms with Crippen LogP contribution in [0.15, 0.2) is 40.9 Å². The fraction of sp³-hybridized carbons (Fsp3) is 0.167. The molecule has 0 atom stereocenters. The molecule has 140 valence electrons. The molecule has 0 amide bonds.